The maximum Gasteiger partial charge on any atom is 0.196 e. The Morgan fingerprint density at radius 3 is 2.05 bits per heavy atom. The highest BCUT2D eigenvalue weighted by molar-refractivity contribution is 5.98. The van der Waals surface area contributed by atoms with Crippen LogP contribution >= 0.6 is 0 Å². The van der Waals surface area contributed by atoms with E-state index in [0.29, 0.717) is 22.2 Å². The fourth-order valence-corrected chi connectivity index (χ4v) is 5.57. The van der Waals surface area contributed by atoms with Crippen molar-refractivity contribution >= 4 is 43.6 Å². The molecule has 0 bridgehead atoms. The van der Waals surface area contributed by atoms with Gasteiger partial charge in [0, 0.05) is 50.6 Å². The lowest BCUT2D eigenvalue weighted by Gasteiger charge is -2.03. The number of para-hydroxylation sites is 2. The molecule has 8 heteroatoms. The molecule has 0 atom stereocenters. The van der Waals surface area contributed by atoms with Crippen LogP contribution in [-0.2, 0) is 6.42 Å². The highest BCUT2D eigenvalue weighted by Gasteiger charge is 2.18. The zero-order valence-corrected chi connectivity index (χ0v) is 23.4. The van der Waals surface area contributed by atoms with Crippen molar-refractivity contribution in [1.82, 2.24) is 19.9 Å². The quantitative estimate of drug-likeness (QED) is 0.159. The number of hydrogen-bond acceptors (Lipinski definition) is 2. The van der Waals surface area contributed by atoms with Crippen LogP contribution in [0.15, 0.2) is 103 Å². The molecule has 0 aliphatic carbocycles. The number of halogens is 4. The Hall–Kier alpha value is -5.50. The third-order valence-electron chi connectivity index (χ3n) is 7.80. The van der Waals surface area contributed by atoms with Gasteiger partial charge in [-0.2, -0.15) is 0 Å². The Balaban J connectivity index is 0.000000143. The van der Waals surface area contributed by atoms with Crippen molar-refractivity contribution in [1.29, 1.82) is 0 Å². The second-order valence-corrected chi connectivity index (χ2v) is 10.4. The van der Waals surface area contributed by atoms with Crippen LogP contribution in [0.1, 0.15) is 12.5 Å². The number of pyridine rings is 2. The van der Waals surface area contributed by atoms with E-state index < -0.39 is 17.5 Å². The van der Waals surface area contributed by atoms with Gasteiger partial charge in [-0.25, -0.2) is 27.5 Å². The van der Waals surface area contributed by atoms with E-state index in [2.05, 4.69) is 70.5 Å². The van der Waals surface area contributed by atoms with Crippen LogP contribution in [0.25, 0.3) is 66.1 Å². The van der Waals surface area contributed by atoms with Gasteiger partial charge < -0.3 is 9.97 Å². The van der Waals surface area contributed by atoms with Crippen LogP contribution < -0.4 is 0 Å². The molecule has 216 valence electrons. The SMILES string of the molecule is CCc1cccc2c(-c3ccc4ccccc4n3)c[nH]c12.Fc1ccc2nc(-c3c[nH]c4c(F)c(F)c(F)cc34)ccc2c1. The molecule has 8 aromatic rings. The second-order valence-electron chi connectivity index (χ2n) is 10.4. The van der Waals surface area contributed by atoms with Crippen molar-refractivity contribution in [3.8, 4) is 22.5 Å². The molecule has 0 unspecified atom stereocenters. The minimum atomic E-state index is -1.52. The van der Waals surface area contributed by atoms with Crippen LogP contribution in [0.3, 0.4) is 0 Å². The standard InChI is InChI=1S/C19H16N2.C17H8F4N2/c1-2-13-7-5-8-15-16(12-20-19(13)15)18-11-10-14-6-3-4-9-17(14)21-18;18-9-2-4-13-8(5-9)1-3-14(23-13)11-7-22-17-10(11)6-12(19)15(20)16(17)21/h3-12,20H,2H2,1H3;1-7,22H. The average molecular weight is 589 g/mol. The maximum atomic E-state index is 13.8. The Kier molecular flexibility index (Phi) is 6.81. The third-order valence-corrected chi connectivity index (χ3v) is 7.80. The number of H-pyrrole nitrogens is 2. The van der Waals surface area contributed by atoms with Crippen LogP contribution in [-0.4, -0.2) is 19.9 Å². The molecule has 0 spiro atoms. The highest BCUT2D eigenvalue weighted by atomic mass is 19.2. The average Bonchev–Trinajstić information content (AvgIpc) is 3.68. The molecule has 8 rings (SSSR count). The summed E-state index contributed by atoms with van der Waals surface area (Å²) in [5.41, 5.74) is 7.10. The van der Waals surface area contributed by atoms with Gasteiger partial charge in [-0.05, 0) is 54.4 Å². The highest BCUT2D eigenvalue weighted by Crippen LogP contribution is 2.33. The number of fused-ring (bicyclic) bond motifs is 4. The normalized spacial score (nSPS) is 11.4. The van der Waals surface area contributed by atoms with Crippen LogP contribution in [0.5, 0.6) is 0 Å². The molecule has 4 aromatic carbocycles. The first-order valence-electron chi connectivity index (χ1n) is 14.1. The molecule has 0 radical (unpaired) electrons. The Bertz CT molecular complexity index is 2340. The summed E-state index contributed by atoms with van der Waals surface area (Å²) in [6, 6.07) is 27.3. The van der Waals surface area contributed by atoms with Gasteiger partial charge in [0.1, 0.15) is 5.82 Å². The summed E-state index contributed by atoms with van der Waals surface area (Å²) >= 11 is 0. The fourth-order valence-electron chi connectivity index (χ4n) is 5.57. The molecule has 4 heterocycles. The van der Waals surface area contributed by atoms with Crippen molar-refractivity contribution in [3.05, 3.63) is 132 Å². The van der Waals surface area contributed by atoms with E-state index in [0.717, 1.165) is 23.7 Å². The van der Waals surface area contributed by atoms with Gasteiger partial charge >= 0.3 is 0 Å². The predicted octanol–water partition coefficient (Wildman–Crippen LogP) is 9.88. The van der Waals surface area contributed by atoms with Gasteiger partial charge in [0.05, 0.1) is 27.9 Å². The van der Waals surface area contributed by atoms with Crippen molar-refractivity contribution < 1.29 is 17.6 Å². The summed E-state index contributed by atoms with van der Waals surface area (Å²) in [5, 5.41) is 3.22. The molecule has 0 fully saturated rings. The predicted molar refractivity (Wildman–Crippen MR) is 167 cm³/mol. The van der Waals surface area contributed by atoms with E-state index in [1.807, 2.05) is 12.1 Å². The summed E-state index contributed by atoms with van der Waals surface area (Å²) in [4.78, 5) is 15.2. The first kappa shape index (κ1) is 27.3. The molecule has 0 aliphatic heterocycles. The van der Waals surface area contributed by atoms with Crippen molar-refractivity contribution in [2.24, 2.45) is 0 Å². The smallest absolute Gasteiger partial charge is 0.196 e. The molecule has 4 aromatic heterocycles. The first-order chi connectivity index (χ1) is 21.4. The molecule has 0 saturated heterocycles. The number of aromatic amines is 2. The number of hydrogen-bond donors (Lipinski definition) is 2. The minimum absolute atomic E-state index is 0.125. The third kappa shape index (κ3) is 4.74. The summed E-state index contributed by atoms with van der Waals surface area (Å²) in [6.45, 7) is 2.18. The lowest BCUT2D eigenvalue weighted by molar-refractivity contribution is 0.453. The Morgan fingerprint density at radius 1 is 0.591 bits per heavy atom. The van der Waals surface area contributed by atoms with E-state index in [9.17, 15) is 17.6 Å². The zero-order valence-electron chi connectivity index (χ0n) is 23.4. The number of rotatable bonds is 3. The Labute approximate surface area is 249 Å². The minimum Gasteiger partial charge on any atom is -0.360 e. The van der Waals surface area contributed by atoms with E-state index >= 15 is 0 Å². The molecular formula is C36H24F4N4. The van der Waals surface area contributed by atoms with Gasteiger partial charge in [-0.3, -0.25) is 0 Å². The van der Waals surface area contributed by atoms with Crippen LogP contribution in [0, 0.1) is 23.3 Å². The molecule has 0 saturated carbocycles. The van der Waals surface area contributed by atoms with Gasteiger partial charge in [-0.15, -0.1) is 0 Å². The number of nitrogens with one attached hydrogen (secondary N) is 2. The zero-order chi connectivity index (χ0) is 30.4. The van der Waals surface area contributed by atoms with Crippen molar-refractivity contribution in [3.63, 3.8) is 0 Å². The fraction of sp³-hybridized carbons (Fsp3) is 0.0556. The maximum absolute atomic E-state index is 13.8. The molecule has 0 aliphatic rings. The van der Waals surface area contributed by atoms with Crippen molar-refractivity contribution in [2.45, 2.75) is 13.3 Å². The molecule has 4 nitrogen and oxygen atoms in total. The summed E-state index contributed by atoms with van der Waals surface area (Å²) < 4.78 is 53.8. The van der Waals surface area contributed by atoms with Gasteiger partial charge in [-0.1, -0.05) is 55.5 Å². The number of nitrogens with zero attached hydrogens (tertiary/aromatic N) is 2. The monoisotopic (exact) mass is 588 g/mol. The van der Waals surface area contributed by atoms with Crippen LogP contribution in [0.2, 0.25) is 0 Å². The molecule has 2 N–H and O–H groups in total. The molecule has 0 amide bonds. The van der Waals surface area contributed by atoms with E-state index in [4.69, 9.17) is 4.98 Å². The topological polar surface area (TPSA) is 57.4 Å². The lowest BCUT2D eigenvalue weighted by atomic mass is 10.0. The number of benzene rings is 4. The molecule has 44 heavy (non-hydrogen) atoms. The number of aryl methyl sites for hydroxylation is 1. The first-order valence-corrected chi connectivity index (χ1v) is 14.1. The van der Waals surface area contributed by atoms with Gasteiger partial charge in [0.2, 0.25) is 0 Å². The lowest BCUT2D eigenvalue weighted by Crippen LogP contribution is -1.92. The summed E-state index contributed by atoms with van der Waals surface area (Å²) in [7, 11) is 0. The van der Waals surface area contributed by atoms with Gasteiger partial charge in [0.15, 0.2) is 17.5 Å². The van der Waals surface area contributed by atoms with E-state index in [-0.39, 0.29) is 16.7 Å². The van der Waals surface area contributed by atoms with E-state index in [1.54, 1.807) is 12.1 Å². The molecular weight excluding hydrogens is 564 g/mol. The number of aromatic nitrogens is 4. The summed E-state index contributed by atoms with van der Waals surface area (Å²) in [5.74, 6) is -4.43. The van der Waals surface area contributed by atoms with Gasteiger partial charge in [0.25, 0.3) is 0 Å². The Morgan fingerprint density at radius 2 is 1.27 bits per heavy atom. The van der Waals surface area contributed by atoms with E-state index in [1.165, 1.54) is 51.8 Å². The second kappa shape index (κ2) is 11.0. The van der Waals surface area contributed by atoms with Crippen LogP contribution in [0.4, 0.5) is 17.6 Å². The van der Waals surface area contributed by atoms with Crippen molar-refractivity contribution in [2.75, 3.05) is 0 Å². The summed E-state index contributed by atoms with van der Waals surface area (Å²) in [6.07, 6.45) is 4.54. The largest absolute Gasteiger partial charge is 0.360 e.